The number of benzene rings is 3. The molecule has 0 atom stereocenters. The summed E-state index contributed by atoms with van der Waals surface area (Å²) in [4.78, 5) is 24.1. The number of fused-ring (bicyclic) bond motifs is 1. The van der Waals surface area contributed by atoms with Gasteiger partial charge in [0.2, 0.25) is 5.55 Å². The van der Waals surface area contributed by atoms with Crippen molar-refractivity contribution in [3.05, 3.63) is 99.4 Å². The lowest BCUT2D eigenvalue weighted by Crippen LogP contribution is -2.21. The highest BCUT2D eigenvalue weighted by Crippen LogP contribution is 2.32. The maximum Gasteiger partial charge on any atom is 0.262 e. The molecule has 5 aromatic rings. The maximum atomic E-state index is 13.6. The van der Waals surface area contributed by atoms with Crippen LogP contribution in [0.25, 0.3) is 22.2 Å². The Hall–Kier alpha value is -4.23. The Labute approximate surface area is 219 Å². The minimum Gasteiger partial charge on any atom is -0.508 e. The van der Waals surface area contributed by atoms with Crippen molar-refractivity contribution in [3.63, 3.8) is 0 Å². The fourth-order valence-electron chi connectivity index (χ4n) is 4.07. The molecule has 37 heavy (non-hydrogen) atoms. The van der Waals surface area contributed by atoms with E-state index in [2.05, 4.69) is 24.4 Å². The molecule has 186 valence electrons. The second-order valence-corrected chi connectivity index (χ2v) is 10.1. The molecule has 0 saturated carbocycles. The van der Waals surface area contributed by atoms with Crippen molar-refractivity contribution in [2.75, 3.05) is 5.32 Å². The van der Waals surface area contributed by atoms with Crippen LogP contribution in [-0.4, -0.2) is 16.0 Å². The van der Waals surface area contributed by atoms with E-state index in [1.165, 1.54) is 23.0 Å². The van der Waals surface area contributed by atoms with Gasteiger partial charge in [0.05, 0.1) is 11.4 Å². The molecular formula is C30H27N3O3S. The van der Waals surface area contributed by atoms with Gasteiger partial charge in [-0.25, -0.2) is 9.98 Å². The van der Waals surface area contributed by atoms with Crippen LogP contribution >= 0.6 is 11.3 Å². The molecule has 3 aromatic carbocycles. The van der Waals surface area contributed by atoms with Crippen molar-refractivity contribution in [3.8, 4) is 17.0 Å². The van der Waals surface area contributed by atoms with E-state index >= 15 is 0 Å². The van der Waals surface area contributed by atoms with Crippen molar-refractivity contribution in [2.45, 2.75) is 34.1 Å². The van der Waals surface area contributed by atoms with Gasteiger partial charge in [-0.2, -0.15) is 0 Å². The molecule has 1 amide bonds. The summed E-state index contributed by atoms with van der Waals surface area (Å²) >= 11 is 1.46. The number of phenolic OH excluding ortho intramolecular Hbond substituents is 1. The first-order chi connectivity index (χ1) is 17.8. The van der Waals surface area contributed by atoms with Crippen molar-refractivity contribution >= 4 is 39.0 Å². The van der Waals surface area contributed by atoms with Crippen LogP contribution in [0.1, 0.15) is 38.8 Å². The third-order valence-electron chi connectivity index (χ3n) is 6.34. The van der Waals surface area contributed by atoms with Gasteiger partial charge in [0.15, 0.2) is 5.13 Å². The van der Waals surface area contributed by atoms with Gasteiger partial charge in [-0.05, 0) is 62.6 Å². The van der Waals surface area contributed by atoms with Crippen LogP contribution in [0.2, 0.25) is 0 Å². The van der Waals surface area contributed by atoms with E-state index in [9.17, 15) is 9.90 Å². The van der Waals surface area contributed by atoms with E-state index in [1.807, 2.05) is 51.1 Å². The van der Waals surface area contributed by atoms with Gasteiger partial charge in [-0.1, -0.05) is 48.9 Å². The van der Waals surface area contributed by atoms with Crippen LogP contribution in [0.15, 0.2) is 76.1 Å². The number of nitrogens with zero attached hydrogens (tertiary/aromatic N) is 2. The molecule has 2 heterocycles. The highest BCUT2D eigenvalue weighted by molar-refractivity contribution is 7.16. The number of rotatable bonds is 5. The highest BCUT2D eigenvalue weighted by atomic mass is 32.1. The Morgan fingerprint density at radius 2 is 1.84 bits per heavy atom. The largest absolute Gasteiger partial charge is 0.508 e. The number of amides is 1. The van der Waals surface area contributed by atoms with Gasteiger partial charge in [0, 0.05) is 21.9 Å². The number of phenols is 1. The smallest absolute Gasteiger partial charge is 0.262 e. The third-order valence-corrected chi connectivity index (χ3v) is 7.46. The van der Waals surface area contributed by atoms with E-state index in [-0.39, 0.29) is 22.8 Å². The molecule has 5 rings (SSSR count). The summed E-state index contributed by atoms with van der Waals surface area (Å²) in [6.45, 7) is 8.12. The molecular weight excluding hydrogens is 482 g/mol. The summed E-state index contributed by atoms with van der Waals surface area (Å²) in [7, 11) is 0. The van der Waals surface area contributed by atoms with Crippen LogP contribution in [0, 0.1) is 20.8 Å². The van der Waals surface area contributed by atoms with Crippen LogP contribution in [0.5, 0.6) is 5.75 Å². The number of carbonyl (C=O) groups excluding carboxylic acids is 1. The average Bonchev–Trinajstić information content (AvgIpc) is 3.29. The summed E-state index contributed by atoms with van der Waals surface area (Å²) in [6, 6.07) is 20.5. The molecule has 0 radical (unpaired) electrons. The fourth-order valence-corrected chi connectivity index (χ4v) is 4.98. The Kier molecular flexibility index (Phi) is 6.63. The number of aromatic hydroxyl groups is 1. The zero-order valence-electron chi connectivity index (χ0n) is 21.1. The highest BCUT2D eigenvalue weighted by Gasteiger charge is 2.18. The molecule has 6 nitrogen and oxygen atoms in total. The lowest BCUT2D eigenvalue weighted by Gasteiger charge is -2.07. The number of aromatic nitrogens is 1. The predicted molar refractivity (Wildman–Crippen MR) is 149 cm³/mol. The van der Waals surface area contributed by atoms with E-state index in [1.54, 1.807) is 18.2 Å². The van der Waals surface area contributed by atoms with Crippen molar-refractivity contribution in [2.24, 2.45) is 4.99 Å². The lowest BCUT2D eigenvalue weighted by molar-refractivity contribution is 0.102. The molecule has 7 heteroatoms. The maximum absolute atomic E-state index is 13.6. The van der Waals surface area contributed by atoms with Gasteiger partial charge in [-0.15, -0.1) is 11.3 Å². The Balaban J connectivity index is 1.59. The number of hydrogen-bond acceptors (Lipinski definition) is 6. The van der Waals surface area contributed by atoms with Crippen LogP contribution < -0.4 is 10.9 Å². The monoisotopic (exact) mass is 509 g/mol. The van der Waals surface area contributed by atoms with Gasteiger partial charge in [0.25, 0.3) is 5.91 Å². The standard InChI is InChI=1S/C30H27N3O3S/c1-5-26-27(20-11-9-17(2)10-12-20)32-30(37-26)33-28(35)23-15-21-13-14-22(34)16-25(21)36-29(23)31-24-8-6-7-18(3)19(24)4/h6-16,34H,5H2,1-4H3,(H,32,33,35). The fraction of sp³-hybridized carbons (Fsp3) is 0.167. The SMILES string of the molecule is CCc1sc(NC(=O)c2cc3ccc(O)cc3oc2=Nc2cccc(C)c2C)nc1-c1ccc(C)cc1. The Morgan fingerprint density at radius 1 is 1.05 bits per heavy atom. The number of thiazole rings is 1. The topological polar surface area (TPSA) is 87.7 Å². The Morgan fingerprint density at radius 3 is 2.59 bits per heavy atom. The molecule has 0 aliphatic carbocycles. The molecule has 0 spiro atoms. The third kappa shape index (κ3) is 5.04. The van der Waals surface area contributed by atoms with Crippen LogP contribution in [0.3, 0.4) is 0 Å². The summed E-state index contributed by atoms with van der Waals surface area (Å²) in [6.07, 6.45) is 0.804. The van der Waals surface area contributed by atoms with Crippen molar-refractivity contribution in [1.29, 1.82) is 0 Å². The van der Waals surface area contributed by atoms with Gasteiger partial charge >= 0.3 is 0 Å². The van der Waals surface area contributed by atoms with E-state index in [0.29, 0.717) is 21.8 Å². The van der Waals surface area contributed by atoms with Crippen molar-refractivity contribution < 1.29 is 14.3 Å². The predicted octanol–water partition coefficient (Wildman–Crippen LogP) is 7.23. The normalized spacial score (nSPS) is 11.7. The summed E-state index contributed by atoms with van der Waals surface area (Å²) < 4.78 is 6.06. The minimum atomic E-state index is -0.366. The number of carbonyl (C=O) groups is 1. The molecule has 0 bridgehead atoms. The summed E-state index contributed by atoms with van der Waals surface area (Å²) in [5.41, 5.74) is 6.75. The molecule has 2 aromatic heterocycles. The molecule has 0 aliphatic rings. The second-order valence-electron chi connectivity index (χ2n) is 8.98. The summed E-state index contributed by atoms with van der Waals surface area (Å²) in [5.74, 6) is -0.292. The first-order valence-electron chi connectivity index (χ1n) is 12.1. The van der Waals surface area contributed by atoms with Gasteiger partial charge < -0.3 is 9.52 Å². The number of nitrogens with one attached hydrogen (secondary N) is 1. The quantitative estimate of drug-likeness (QED) is 0.261. The van der Waals surface area contributed by atoms with Gasteiger partial charge in [-0.3, -0.25) is 10.1 Å². The molecule has 0 aliphatic heterocycles. The van der Waals surface area contributed by atoms with E-state index in [4.69, 9.17) is 14.4 Å². The van der Waals surface area contributed by atoms with Crippen molar-refractivity contribution in [1.82, 2.24) is 4.98 Å². The first-order valence-corrected chi connectivity index (χ1v) is 12.9. The van der Waals surface area contributed by atoms with Crippen LogP contribution in [-0.2, 0) is 6.42 Å². The number of aryl methyl sites for hydroxylation is 3. The number of hydrogen-bond donors (Lipinski definition) is 2. The zero-order valence-corrected chi connectivity index (χ0v) is 21.9. The Bertz CT molecular complexity index is 1700. The van der Waals surface area contributed by atoms with E-state index in [0.717, 1.165) is 33.7 Å². The molecule has 0 unspecified atom stereocenters. The molecule has 0 fully saturated rings. The summed E-state index contributed by atoms with van der Waals surface area (Å²) in [5, 5.41) is 14.1. The second kappa shape index (κ2) is 10.0. The van der Waals surface area contributed by atoms with Crippen LogP contribution in [0.4, 0.5) is 10.8 Å². The number of anilines is 1. The zero-order chi connectivity index (χ0) is 26.1. The average molecular weight is 510 g/mol. The first kappa shape index (κ1) is 24.5. The molecule has 0 saturated heterocycles. The van der Waals surface area contributed by atoms with E-state index < -0.39 is 0 Å². The minimum absolute atomic E-state index is 0.0738. The van der Waals surface area contributed by atoms with Gasteiger partial charge in [0.1, 0.15) is 16.9 Å². The molecule has 2 N–H and O–H groups in total. The lowest BCUT2D eigenvalue weighted by atomic mass is 10.1.